The summed E-state index contributed by atoms with van der Waals surface area (Å²) in [6.45, 7) is 0. The van der Waals surface area contributed by atoms with Crippen LogP contribution in [0, 0.1) is 5.41 Å². The second kappa shape index (κ2) is 8.89. The van der Waals surface area contributed by atoms with Gasteiger partial charge in [0.15, 0.2) is 0 Å². The molecule has 0 saturated carbocycles. The summed E-state index contributed by atoms with van der Waals surface area (Å²) < 4.78 is 0. The van der Waals surface area contributed by atoms with Crippen LogP contribution in [-0.4, -0.2) is 18.4 Å². The molecule has 0 aliphatic carbocycles. The van der Waals surface area contributed by atoms with E-state index in [-0.39, 0.29) is 5.96 Å². The number of benzene rings is 2. The zero-order chi connectivity index (χ0) is 17.5. The van der Waals surface area contributed by atoms with E-state index in [1.165, 1.54) is 12.4 Å². The summed E-state index contributed by atoms with van der Waals surface area (Å²) in [5, 5.41) is 17.2. The van der Waals surface area contributed by atoms with E-state index in [0.717, 1.165) is 0 Å². The van der Waals surface area contributed by atoms with Crippen molar-refractivity contribution in [3.63, 3.8) is 0 Å². The molecule has 9 heteroatoms. The van der Waals surface area contributed by atoms with Crippen LogP contribution in [0.25, 0.3) is 0 Å². The van der Waals surface area contributed by atoms with Crippen molar-refractivity contribution in [1.82, 2.24) is 10.9 Å². The fraction of sp³-hybridized carbons (Fsp3) is 0. The Kier molecular flexibility index (Phi) is 6.87. The number of hydrogen-bond acceptors (Lipinski definition) is 3. The van der Waals surface area contributed by atoms with Gasteiger partial charge in [-0.1, -0.05) is 58.5 Å². The van der Waals surface area contributed by atoms with Crippen LogP contribution in [0.1, 0.15) is 11.1 Å². The number of hydrazone groups is 2. The Morgan fingerprint density at radius 1 is 0.750 bits per heavy atom. The minimum Gasteiger partial charge on any atom is -0.266 e. The molecular weight excluding hydrogens is 392 g/mol. The molecule has 2 aromatic rings. The molecule has 0 aliphatic heterocycles. The van der Waals surface area contributed by atoms with Crippen molar-refractivity contribution in [2.75, 3.05) is 0 Å². The van der Waals surface area contributed by atoms with Gasteiger partial charge >= 0.3 is 0 Å². The van der Waals surface area contributed by atoms with Gasteiger partial charge in [-0.05, 0) is 24.3 Å². The summed E-state index contributed by atoms with van der Waals surface area (Å²) in [4.78, 5) is 0. The lowest BCUT2D eigenvalue weighted by molar-refractivity contribution is 0.893. The molecule has 0 atom stereocenters. The van der Waals surface area contributed by atoms with Crippen LogP contribution >= 0.6 is 46.4 Å². The average Bonchev–Trinajstić information content (AvgIpc) is 2.53. The average molecular weight is 403 g/mol. The largest absolute Gasteiger partial charge is 0.266 e. The first-order valence-corrected chi connectivity index (χ1v) is 8.05. The third kappa shape index (κ3) is 5.11. The molecule has 0 unspecified atom stereocenters. The molecule has 3 N–H and O–H groups in total. The van der Waals surface area contributed by atoms with Crippen LogP contribution in [0.4, 0.5) is 0 Å². The number of nitrogens with one attached hydrogen (secondary N) is 3. The van der Waals surface area contributed by atoms with Crippen molar-refractivity contribution in [3.8, 4) is 0 Å². The standard InChI is InChI=1S/C15H11Cl4N5/c16-11-3-1-4-12(17)9(11)7-21-23-15(20)24-22-8-10-13(18)5-2-6-14(10)19/h1-8H,(H3,20,23,24)/b21-7+,22-8+. The molecule has 0 fully saturated rings. The summed E-state index contributed by atoms with van der Waals surface area (Å²) in [6, 6.07) is 10.2. The number of nitrogens with zero attached hydrogens (tertiary/aromatic N) is 2. The maximum absolute atomic E-state index is 7.65. The topological polar surface area (TPSA) is 72.6 Å². The van der Waals surface area contributed by atoms with E-state index in [1.807, 2.05) is 0 Å². The van der Waals surface area contributed by atoms with E-state index in [1.54, 1.807) is 36.4 Å². The molecule has 5 nitrogen and oxygen atoms in total. The highest BCUT2D eigenvalue weighted by Gasteiger charge is 2.03. The van der Waals surface area contributed by atoms with E-state index >= 15 is 0 Å². The summed E-state index contributed by atoms with van der Waals surface area (Å²) in [6.07, 6.45) is 2.82. The molecule has 2 rings (SSSR count). The number of rotatable bonds is 4. The van der Waals surface area contributed by atoms with Crippen molar-refractivity contribution < 1.29 is 0 Å². The second-order valence-corrected chi connectivity index (χ2v) is 6.01. The van der Waals surface area contributed by atoms with Crippen molar-refractivity contribution in [1.29, 1.82) is 5.41 Å². The van der Waals surface area contributed by atoms with Gasteiger partial charge in [0.2, 0.25) is 5.96 Å². The second-order valence-electron chi connectivity index (χ2n) is 4.39. The van der Waals surface area contributed by atoms with Crippen molar-refractivity contribution in [2.45, 2.75) is 0 Å². The van der Waals surface area contributed by atoms with Gasteiger partial charge in [-0.25, -0.2) is 10.9 Å². The molecule has 0 radical (unpaired) electrons. The highest BCUT2D eigenvalue weighted by atomic mass is 35.5. The first-order chi connectivity index (χ1) is 11.5. The van der Waals surface area contributed by atoms with Crippen molar-refractivity contribution >= 4 is 64.8 Å². The zero-order valence-electron chi connectivity index (χ0n) is 12.0. The zero-order valence-corrected chi connectivity index (χ0v) is 15.0. The molecule has 0 bridgehead atoms. The van der Waals surface area contributed by atoms with Crippen molar-refractivity contribution in [2.24, 2.45) is 10.2 Å². The molecule has 0 heterocycles. The summed E-state index contributed by atoms with van der Waals surface area (Å²) in [5.41, 5.74) is 5.99. The molecule has 124 valence electrons. The lowest BCUT2D eigenvalue weighted by Crippen LogP contribution is -2.29. The molecule has 0 spiro atoms. The molecule has 0 amide bonds. The van der Waals surface area contributed by atoms with Gasteiger partial charge in [-0.3, -0.25) is 5.41 Å². The number of hydrogen-bond donors (Lipinski definition) is 3. The quantitative estimate of drug-likeness (QED) is 0.391. The smallest absolute Gasteiger partial charge is 0.230 e. The Labute approximate surface area is 158 Å². The third-order valence-electron chi connectivity index (χ3n) is 2.74. The Morgan fingerprint density at radius 2 is 1.08 bits per heavy atom. The van der Waals surface area contributed by atoms with Crippen LogP contribution in [0.5, 0.6) is 0 Å². The SMILES string of the molecule is N=C(N/N=C/c1c(Cl)cccc1Cl)N/N=C/c1c(Cl)cccc1Cl. The predicted molar refractivity (Wildman–Crippen MR) is 102 cm³/mol. The maximum atomic E-state index is 7.65. The van der Waals surface area contributed by atoms with E-state index < -0.39 is 0 Å². The lowest BCUT2D eigenvalue weighted by Gasteiger charge is -2.03. The predicted octanol–water partition coefficient (Wildman–Crippen LogP) is 4.78. The number of halogens is 4. The molecule has 24 heavy (non-hydrogen) atoms. The van der Waals surface area contributed by atoms with Gasteiger partial charge in [-0.2, -0.15) is 10.2 Å². The van der Waals surface area contributed by atoms with Gasteiger partial charge in [0.05, 0.1) is 32.5 Å². The van der Waals surface area contributed by atoms with Gasteiger partial charge in [0.1, 0.15) is 0 Å². The van der Waals surface area contributed by atoms with E-state index in [0.29, 0.717) is 31.2 Å². The first-order valence-electron chi connectivity index (χ1n) is 6.53. The monoisotopic (exact) mass is 401 g/mol. The van der Waals surface area contributed by atoms with Gasteiger partial charge in [0.25, 0.3) is 0 Å². The Balaban J connectivity index is 1.92. The lowest BCUT2D eigenvalue weighted by atomic mass is 10.2. The minimum absolute atomic E-state index is 0.158. The Hall–Kier alpha value is -1.79. The van der Waals surface area contributed by atoms with Crippen molar-refractivity contribution in [3.05, 3.63) is 67.6 Å². The van der Waals surface area contributed by atoms with Crippen LogP contribution in [0.2, 0.25) is 20.1 Å². The summed E-state index contributed by atoms with van der Waals surface area (Å²) in [5.74, 6) is -0.158. The summed E-state index contributed by atoms with van der Waals surface area (Å²) >= 11 is 24.0. The first kappa shape index (κ1) is 18.5. The maximum Gasteiger partial charge on any atom is 0.230 e. The molecular formula is C15H11Cl4N5. The minimum atomic E-state index is -0.158. The highest BCUT2D eigenvalue weighted by molar-refractivity contribution is 6.39. The third-order valence-corrected chi connectivity index (χ3v) is 4.06. The van der Waals surface area contributed by atoms with E-state index in [4.69, 9.17) is 51.8 Å². The highest BCUT2D eigenvalue weighted by Crippen LogP contribution is 2.22. The molecule has 0 aromatic heterocycles. The molecule has 0 saturated heterocycles. The van der Waals surface area contributed by atoms with Gasteiger partial charge in [-0.15, -0.1) is 0 Å². The number of guanidine groups is 1. The molecule has 2 aromatic carbocycles. The molecule has 0 aliphatic rings. The van der Waals surface area contributed by atoms with Gasteiger partial charge in [0, 0.05) is 11.1 Å². The van der Waals surface area contributed by atoms with Crippen LogP contribution in [-0.2, 0) is 0 Å². The fourth-order valence-electron chi connectivity index (χ4n) is 1.62. The van der Waals surface area contributed by atoms with Crippen LogP contribution in [0.3, 0.4) is 0 Å². The Morgan fingerprint density at radius 3 is 1.42 bits per heavy atom. The van der Waals surface area contributed by atoms with E-state index in [2.05, 4.69) is 21.1 Å². The summed E-state index contributed by atoms with van der Waals surface area (Å²) in [7, 11) is 0. The van der Waals surface area contributed by atoms with E-state index in [9.17, 15) is 0 Å². The fourth-order valence-corrected chi connectivity index (χ4v) is 2.61. The normalized spacial score (nSPS) is 11.2. The van der Waals surface area contributed by atoms with Crippen LogP contribution < -0.4 is 10.9 Å². The Bertz CT molecular complexity index is 698. The van der Waals surface area contributed by atoms with Gasteiger partial charge < -0.3 is 0 Å². The van der Waals surface area contributed by atoms with Crippen LogP contribution in [0.15, 0.2) is 46.6 Å².